The molecule has 4 heteroatoms. The molecule has 0 aromatic carbocycles. The van der Waals surface area contributed by atoms with Gasteiger partial charge in [0.2, 0.25) is 0 Å². The van der Waals surface area contributed by atoms with Crippen molar-refractivity contribution in [3.05, 3.63) is 0 Å². The van der Waals surface area contributed by atoms with Gasteiger partial charge in [-0.05, 0) is 34.6 Å². The van der Waals surface area contributed by atoms with Gasteiger partial charge in [0.25, 0.3) is 0 Å². The lowest BCUT2D eigenvalue weighted by molar-refractivity contribution is -0.171. The summed E-state index contributed by atoms with van der Waals surface area (Å²) in [4.78, 5) is 11.5. The van der Waals surface area contributed by atoms with E-state index in [0.29, 0.717) is 6.61 Å². The van der Waals surface area contributed by atoms with Gasteiger partial charge in [-0.25, -0.2) is 4.79 Å². The maximum absolute atomic E-state index is 11.5. The molecule has 0 spiro atoms. The van der Waals surface area contributed by atoms with Crippen LogP contribution in [0.3, 0.4) is 0 Å². The number of carbonyl (C=O) groups is 1. The highest BCUT2D eigenvalue weighted by Crippen LogP contribution is 2.10. The maximum atomic E-state index is 11.5. The van der Waals surface area contributed by atoms with Gasteiger partial charge in [-0.2, -0.15) is 0 Å². The van der Waals surface area contributed by atoms with E-state index in [1.54, 1.807) is 14.0 Å². The summed E-state index contributed by atoms with van der Waals surface area (Å²) in [5.41, 5.74) is -0.473. The molecule has 0 aliphatic carbocycles. The minimum absolute atomic E-state index is 0.113. The zero-order chi connectivity index (χ0) is 12.1. The van der Waals surface area contributed by atoms with Crippen LogP contribution in [0.25, 0.3) is 0 Å². The van der Waals surface area contributed by atoms with Gasteiger partial charge < -0.3 is 14.2 Å². The van der Waals surface area contributed by atoms with Crippen LogP contribution in [0.4, 0.5) is 0 Å². The van der Waals surface area contributed by atoms with Crippen LogP contribution in [0.5, 0.6) is 0 Å². The SMILES string of the molecule is COCC(C)OC(C)C(=O)OC(C)(C)C. The lowest BCUT2D eigenvalue weighted by Crippen LogP contribution is -2.34. The summed E-state index contributed by atoms with van der Waals surface area (Å²) in [7, 11) is 1.60. The molecule has 0 fully saturated rings. The first-order chi connectivity index (χ1) is 6.76. The minimum atomic E-state index is -0.561. The van der Waals surface area contributed by atoms with Crippen LogP contribution in [0.15, 0.2) is 0 Å². The summed E-state index contributed by atoms with van der Waals surface area (Å²) in [6.45, 7) is 9.49. The van der Waals surface area contributed by atoms with Crippen molar-refractivity contribution in [2.75, 3.05) is 13.7 Å². The Hall–Kier alpha value is -0.610. The lowest BCUT2D eigenvalue weighted by atomic mass is 10.2. The smallest absolute Gasteiger partial charge is 0.335 e. The number of methoxy groups -OCH3 is 1. The van der Waals surface area contributed by atoms with E-state index in [1.165, 1.54) is 0 Å². The fraction of sp³-hybridized carbons (Fsp3) is 0.909. The van der Waals surface area contributed by atoms with E-state index in [0.717, 1.165) is 0 Å². The number of rotatable bonds is 5. The Balaban J connectivity index is 3.99. The van der Waals surface area contributed by atoms with E-state index in [2.05, 4.69) is 0 Å². The Bertz CT molecular complexity index is 195. The standard InChI is InChI=1S/C11H22O4/c1-8(7-13-6)14-9(2)10(12)15-11(3,4)5/h8-9H,7H2,1-6H3. The van der Waals surface area contributed by atoms with Crippen molar-refractivity contribution in [1.29, 1.82) is 0 Å². The number of carbonyl (C=O) groups excluding carboxylic acids is 1. The van der Waals surface area contributed by atoms with Crippen LogP contribution >= 0.6 is 0 Å². The molecule has 90 valence electrons. The van der Waals surface area contributed by atoms with Crippen molar-refractivity contribution in [1.82, 2.24) is 0 Å². The number of esters is 1. The van der Waals surface area contributed by atoms with Gasteiger partial charge in [0.15, 0.2) is 6.10 Å². The fourth-order valence-electron chi connectivity index (χ4n) is 1.06. The highest BCUT2D eigenvalue weighted by Gasteiger charge is 2.23. The van der Waals surface area contributed by atoms with Crippen LogP contribution in [-0.2, 0) is 19.0 Å². The topological polar surface area (TPSA) is 44.8 Å². The third-order valence-electron chi connectivity index (χ3n) is 1.58. The molecule has 0 aromatic rings. The second-order valence-electron chi connectivity index (χ2n) is 4.58. The summed E-state index contributed by atoms with van der Waals surface area (Å²) in [6, 6.07) is 0. The van der Waals surface area contributed by atoms with Gasteiger partial charge in [-0.1, -0.05) is 0 Å². The molecule has 0 aromatic heterocycles. The Kier molecular flexibility index (Phi) is 5.83. The van der Waals surface area contributed by atoms with Crippen LogP contribution in [-0.4, -0.2) is 37.5 Å². The van der Waals surface area contributed by atoms with Gasteiger partial charge >= 0.3 is 5.97 Å². The molecular weight excluding hydrogens is 196 g/mol. The van der Waals surface area contributed by atoms with Crippen LogP contribution in [0, 0.1) is 0 Å². The fourth-order valence-corrected chi connectivity index (χ4v) is 1.06. The monoisotopic (exact) mass is 218 g/mol. The summed E-state index contributed by atoms with van der Waals surface area (Å²) in [5, 5.41) is 0. The van der Waals surface area contributed by atoms with E-state index in [-0.39, 0.29) is 12.1 Å². The Morgan fingerprint density at radius 3 is 2.20 bits per heavy atom. The second-order valence-corrected chi connectivity index (χ2v) is 4.58. The van der Waals surface area contributed by atoms with Crippen molar-refractivity contribution in [3.8, 4) is 0 Å². The van der Waals surface area contributed by atoms with Crippen LogP contribution in [0.1, 0.15) is 34.6 Å². The molecule has 0 saturated heterocycles. The van der Waals surface area contributed by atoms with Crippen LogP contribution in [0.2, 0.25) is 0 Å². The summed E-state index contributed by atoms with van der Waals surface area (Å²) in [6.07, 6.45) is -0.674. The van der Waals surface area contributed by atoms with E-state index in [1.807, 2.05) is 27.7 Å². The molecule has 0 rings (SSSR count). The molecule has 0 aliphatic heterocycles. The lowest BCUT2D eigenvalue weighted by Gasteiger charge is -2.23. The number of hydrogen-bond donors (Lipinski definition) is 0. The van der Waals surface area contributed by atoms with Gasteiger partial charge in [0.1, 0.15) is 5.60 Å². The average molecular weight is 218 g/mol. The number of hydrogen-bond acceptors (Lipinski definition) is 4. The summed E-state index contributed by atoms with van der Waals surface area (Å²) < 4.78 is 15.5. The van der Waals surface area contributed by atoms with Crippen molar-refractivity contribution in [3.63, 3.8) is 0 Å². The Labute approximate surface area is 91.9 Å². The zero-order valence-electron chi connectivity index (χ0n) is 10.5. The Morgan fingerprint density at radius 1 is 1.27 bits per heavy atom. The molecule has 15 heavy (non-hydrogen) atoms. The van der Waals surface area contributed by atoms with Crippen molar-refractivity contribution >= 4 is 5.97 Å². The summed E-state index contributed by atoms with van der Waals surface area (Å²) in [5.74, 6) is -0.342. The molecule has 2 atom stereocenters. The molecule has 0 saturated carbocycles. The van der Waals surface area contributed by atoms with Gasteiger partial charge in [-0.3, -0.25) is 0 Å². The summed E-state index contributed by atoms with van der Waals surface area (Å²) >= 11 is 0. The quantitative estimate of drug-likeness (QED) is 0.660. The molecular formula is C11H22O4. The Morgan fingerprint density at radius 2 is 1.80 bits per heavy atom. The first-order valence-electron chi connectivity index (χ1n) is 5.13. The van der Waals surface area contributed by atoms with Crippen molar-refractivity contribution in [2.45, 2.75) is 52.4 Å². The molecule has 0 heterocycles. The third kappa shape index (κ3) is 7.33. The molecule has 0 radical (unpaired) electrons. The minimum Gasteiger partial charge on any atom is -0.458 e. The largest absolute Gasteiger partial charge is 0.458 e. The van der Waals surface area contributed by atoms with E-state index in [9.17, 15) is 4.79 Å². The highest BCUT2D eigenvalue weighted by molar-refractivity contribution is 5.74. The molecule has 2 unspecified atom stereocenters. The van der Waals surface area contributed by atoms with Crippen LogP contribution < -0.4 is 0 Å². The zero-order valence-corrected chi connectivity index (χ0v) is 10.5. The molecule has 0 bridgehead atoms. The predicted molar refractivity (Wildman–Crippen MR) is 57.7 cm³/mol. The average Bonchev–Trinajstić information content (AvgIpc) is 2.00. The van der Waals surface area contributed by atoms with Crippen molar-refractivity contribution < 1.29 is 19.0 Å². The maximum Gasteiger partial charge on any atom is 0.335 e. The van der Waals surface area contributed by atoms with Gasteiger partial charge in [0, 0.05) is 7.11 Å². The first kappa shape index (κ1) is 14.4. The molecule has 0 aliphatic rings. The van der Waals surface area contributed by atoms with E-state index < -0.39 is 11.7 Å². The molecule has 0 amide bonds. The van der Waals surface area contributed by atoms with E-state index in [4.69, 9.17) is 14.2 Å². The normalized spacial score (nSPS) is 15.9. The van der Waals surface area contributed by atoms with Crippen molar-refractivity contribution in [2.24, 2.45) is 0 Å². The third-order valence-corrected chi connectivity index (χ3v) is 1.58. The molecule has 4 nitrogen and oxygen atoms in total. The number of ether oxygens (including phenoxy) is 3. The van der Waals surface area contributed by atoms with E-state index >= 15 is 0 Å². The predicted octanol–water partition coefficient (Wildman–Crippen LogP) is 1.77. The van der Waals surface area contributed by atoms with Gasteiger partial charge in [-0.15, -0.1) is 0 Å². The highest BCUT2D eigenvalue weighted by atomic mass is 16.6. The second kappa shape index (κ2) is 6.08. The molecule has 0 N–H and O–H groups in total. The van der Waals surface area contributed by atoms with Gasteiger partial charge in [0.05, 0.1) is 12.7 Å². The first-order valence-corrected chi connectivity index (χ1v) is 5.13.